The van der Waals surface area contributed by atoms with Crippen molar-refractivity contribution in [2.24, 2.45) is 5.92 Å². The SMILES string of the molecule is C[C@@H]1CCCOc2ccc(cc2)-c2ccc3ccc4ccc(nc4c3n2)-c2ccc(cc2)OCCOCCOCCOCCOc2cc(OCCOCCNC(=O)OC(C)(C)C)cc(c2)OCC1. The zero-order chi connectivity index (χ0) is 47.4. The van der Waals surface area contributed by atoms with Gasteiger partial charge in [-0.15, -0.1) is 0 Å². The van der Waals surface area contributed by atoms with Gasteiger partial charge >= 0.3 is 6.09 Å². The molecule has 1 amide bonds. The van der Waals surface area contributed by atoms with Gasteiger partial charge < -0.3 is 52.7 Å². The van der Waals surface area contributed by atoms with Gasteiger partial charge in [0.15, 0.2) is 0 Å². The number of hydrogen-bond acceptors (Lipinski definition) is 13. The number of aromatic nitrogens is 2. The number of rotatable bonds is 7. The Labute approximate surface area is 399 Å². The summed E-state index contributed by atoms with van der Waals surface area (Å²) in [6.07, 6.45) is 2.30. The number of ether oxygens (including phenoxy) is 10. The van der Waals surface area contributed by atoms with Gasteiger partial charge in [-0.05, 0) is 107 Å². The Balaban J connectivity index is 0.943. The van der Waals surface area contributed by atoms with Crippen molar-refractivity contribution < 1.29 is 52.2 Å². The molecule has 0 aliphatic carbocycles. The molecule has 3 aliphatic rings. The predicted molar refractivity (Wildman–Crippen MR) is 262 cm³/mol. The molecule has 0 radical (unpaired) electrons. The summed E-state index contributed by atoms with van der Waals surface area (Å²) in [7, 11) is 0. The standard InChI is InChI=1S/C54H65N3O11/c1-39-6-5-23-63-44-15-9-40(10-16-44)49-19-13-42-7-8-43-14-20-50(57-52(43)51(42)56-49)41-11-17-45(18-12-41)65-33-31-61-28-26-60-27-29-62-32-35-67-48-37-46(64-24-21-39)36-47(38-48)66-34-30-59-25-22-55-53(58)68-54(2,3)4/h7-20,36-39H,5-6,21-35H2,1-4H3,(H,55,58)/t39-/m1/s1. The summed E-state index contributed by atoms with van der Waals surface area (Å²) in [6, 6.07) is 34.1. The first-order chi connectivity index (χ1) is 33.1. The number of hydrogen-bond donors (Lipinski definition) is 1. The first-order valence-corrected chi connectivity index (χ1v) is 23.6. The quantitative estimate of drug-likeness (QED) is 0.120. The van der Waals surface area contributed by atoms with E-state index in [1.807, 2.05) is 81.4 Å². The molecule has 0 saturated heterocycles. The van der Waals surface area contributed by atoms with Crippen molar-refractivity contribution in [2.45, 2.75) is 52.6 Å². The van der Waals surface area contributed by atoms with Crippen molar-refractivity contribution in [1.29, 1.82) is 0 Å². The lowest BCUT2D eigenvalue weighted by atomic mass is 10.0. The molecule has 362 valence electrons. The van der Waals surface area contributed by atoms with Crippen LogP contribution in [0.15, 0.2) is 103 Å². The van der Waals surface area contributed by atoms with E-state index in [1.165, 1.54) is 0 Å². The van der Waals surface area contributed by atoms with E-state index in [0.717, 1.165) is 75.1 Å². The van der Waals surface area contributed by atoms with Gasteiger partial charge in [0, 0.05) is 46.6 Å². The number of pyridine rings is 2. The average Bonchev–Trinajstić information content (AvgIpc) is 3.33. The van der Waals surface area contributed by atoms with Crippen molar-refractivity contribution in [3.05, 3.63) is 103 Å². The van der Waals surface area contributed by atoms with Gasteiger partial charge in [-0.3, -0.25) is 0 Å². The van der Waals surface area contributed by atoms with Crippen molar-refractivity contribution >= 4 is 27.9 Å². The van der Waals surface area contributed by atoms with Gasteiger partial charge in [-0.25, -0.2) is 14.8 Å². The maximum atomic E-state index is 11.9. The monoisotopic (exact) mass is 931 g/mol. The molecule has 3 aliphatic heterocycles. The molecule has 4 aromatic carbocycles. The molecule has 0 spiro atoms. The number of carbonyl (C=O) groups excluding carboxylic acids is 1. The number of alkyl carbamates (subject to hydrolysis) is 1. The van der Waals surface area contributed by atoms with Crippen LogP contribution in [-0.2, 0) is 23.7 Å². The number of nitrogens with one attached hydrogen (secondary N) is 1. The summed E-state index contributed by atoms with van der Waals surface area (Å²) in [4.78, 5) is 22.1. The van der Waals surface area contributed by atoms with E-state index in [9.17, 15) is 4.79 Å². The molecule has 10 bridgehead atoms. The smallest absolute Gasteiger partial charge is 0.407 e. The third-order valence-electron chi connectivity index (χ3n) is 10.8. The van der Waals surface area contributed by atoms with E-state index in [2.05, 4.69) is 54.7 Å². The number of nitrogens with zero attached hydrogens (tertiary/aromatic N) is 2. The molecule has 0 fully saturated rings. The summed E-state index contributed by atoms with van der Waals surface area (Å²) in [6.45, 7) is 13.4. The van der Waals surface area contributed by atoms with E-state index in [-0.39, 0.29) is 0 Å². The Morgan fingerprint density at radius 1 is 0.574 bits per heavy atom. The summed E-state index contributed by atoms with van der Waals surface area (Å²) in [5.41, 5.74) is 4.89. The highest BCUT2D eigenvalue weighted by molar-refractivity contribution is 6.04. The van der Waals surface area contributed by atoms with Crippen molar-refractivity contribution in [3.8, 4) is 51.3 Å². The normalized spacial score (nSPS) is 16.3. The highest BCUT2D eigenvalue weighted by atomic mass is 16.6. The highest BCUT2D eigenvalue weighted by Crippen LogP contribution is 2.31. The molecule has 0 unspecified atom stereocenters. The van der Waals surface area contributed by atoms with Crippen molar-refractivity contribution in [2.75, 3.05) is 92.4 Å². The average molecular weight is 932 g/mol. The number of amides is 1. The topological polar surface area (TPSA) is 147 Å². The van der Waals surface area contributed by atoms with E-state index in [0.29, 0.717) is 116 Å². The fourth-order valence-electron chi connectivity index (χ4n) is 7.31. The van der Waals surface area contributed by atoms with Crippen LogP contribution in [0.25, 0.3) is 44.3 Å². The predicted octanol–water partition coefficient (Wildman–Crippen LogP) is 10.1. The minimum atomic E-state index is -0.559. The van der Waals surface area contributed by atoms with E-state index in [4.69, 9.17) is 57.3 Å². The van der Waals surface area contributed by atoms with Crippen molar-refractivity contribution in [3.63, 3.8) is 0 Å². The second kappa shape index (κ2) is 25.8. The summed E-state index contributed by atoms with van der Waals surface area (Å²) in [5.74, 6) is 3.85. The Morgan fingerprint density at radius 2 is 1.07 bits per heavy atom. The van der Waals surface area contributed by atoms with Gasteiger partial charge in [-0.1, -0.05) is 31.2 Å². The molecule has 68 heavy (non-hydrogen) atoms. The molecule has 2 aromatic heterocycles. The molecular formula is C54H65N3O11. The Bertz CT molecular complexity index is 2480. The maximum Gasteiger partial charge on any atom is 0.407 e. The third-order valence-corrected chi connectivity index (χ3v) is 10.8. The molecule has 14 heteroatoms. The largest absolute Gasteiger partial charge is 0.494 e. The minimum Gasteiger partial charge on any atom is -0.494 e. The summed E-state index contributed by atoms with van der Waals surface area (Å²) in [5, 5.41) is 4.75. The highest BCUT2D eigenvalue weighted by Gasteiger charge is 2.16. The first-order valence-electron chi connectivity index (χ1n) is 23.6. The first kappa shape index (κ1) is 49.7. The van der Waals surface area contributed by atoms with E-state index >= 15 is 0 Å². The van der Waals surface area contributed by atoms with Crippen LogP contribution in [0.1, 0.15) is 47.0 Å². The van der Waals surface area contributed by atoms with Crippen LogP contribution < -0.4 is 29.0 Å². The third kappa shape index (κ3) is 16.3. The molecule has 9 rings (SSSR count). The van der Waals surface area contributed by atoms with Crippen LogP contribution in [0.5, 0.6) is 28.7 Å². The number of fused-ring (bicyclic) bond motifs is 2. The minimum absolute atomic E-state index is 0.298. The maximum absolute atomic E-state index is 11.9. The lowest BCUT2D eigenvalue weighted by molar-refractivity contribution is 0.00497. The number of carbonyl (C=O) groups is 1. The van der Waals surface area contributed by atoms with Crippen LogP contribution in [0, 0.1) is 5.92 Å². The van der Waals surface area contributed by atoms with Gasteiger partial charge in [0.1, 0.15) is 54.2 Å². The summed E-state index contributed by atoms with van der Waals surface area (Å²) < 4.78 is 58.5. The van der Waals surface area contributed by atoms with Crippen LogP contribution >= 0.6 is 0 Å². The van der Waals surface area contributed by atoms with Crippen LogP contribution in [0.4, 0.5) is 4.79 Å². The van der Waals surface area contributed by atoms with Gasteiger partial charge in [0.25, 0.3) is 0 Å². The second-order valence-corrected chi connectivity index (χ2v) is 17.4. The van der Waals surface area contributed by atoms with Gasteiger partial charge in [0.2, 0.25) is 0 Å². The summed E-state index contributed by atoms with van der Waals surface area (Å²) >= 11 is 0. The van der Waals surface area contributed by atoms with Crippen LogP contribution in [0.2, 0.25) is 0 Å². The fourth-order valence-corrected chi connectivity index (χ4v) is 7.31. The zero-order valence-electron chi connectivity index (χ0n) is 39.8. The van der Waals surface area contributed by atoms with Crippen LogP contribution in [0.3, 0.4) is 0 Å². The lowest BCUT2D eigenvalue weighted by Crippen LogP contribution is -2.34. The Morgan fingerprint density at radius 3 is 1.63 bits per heavy atom. The van der Waals surface area contributed by atoms with Gasteiger partial charge in [0.05, 0.1) is 88.5 Å². The van der Waals surface area contributed by atoms with Crippen molar-refractivity contribution in [1.82, 2.24) is 15.3 Å². The molecule has 1 N–H and O–H groups in total. The molecule has 5 heterocycles. The second-order valence-electron chi connectivity index (χ2n) is 17.4. The van der Waals surface area contributed by atoms with E-state index in [1.54, 1.807) is 0 Å². The molecule has 6 aromatic rings. The van der Waals surface area contributed by atoms with Gasteiger partial charge in [-0.2, -0.15) is 0 Å². The lowest BCUT2D eigenvalue weighted by Gasteiger charge is -2.19. The van der Waals surface area contributed by atoms with Crippen LogP contribution in [-0.4, -0.2) is 114 Å². The molecular weight excluding hydrogens is 867 g/mol. The van der Waals surface area contributed by atoms with E-state index < -0.39 is 11.7 Å². The zero-order valence-corrected chi connectivity index (χ0v) is 39.8. The Kier molecular flexibility index (Phi) is 18.9. The molecule has 14 nitrogen and oxygen atoms in total. The molecule has 0 saturated carbocycles. The Hall–Kier alpha value is -6.19. The molecule has 1 atom stereocenters. The fraction of sp³-hybridized carbons (Fsp3) is 0.426. The number of benzene rings is 4.